The summed E-state index contributed by atoms with van der Waals surface area (Å²) in [6.45, 7) is -0.257. The van der Waals surface area contributed by atoms with Crippen LogP contribution in [0.25, 0.3) is 0 Å². The van der Waals surface area contributed by atoms with Crippen molar-refractivity contribution in [2.45, 2.75) is 31.2 Å². The third-order valence-corrected chi connectivity index (χ3v) is 4.59. The molecule has 1 fully saturated rings. The highest BCUT2D eigenvalue weighted by Crippen LogP contribution is 2.38. The Kier molecular flexibility index (Phi) is 4.26. The summed E-state index contributed by atoms with van der Waals surface area (Å²) in [4.78, 5) is 38.2. The Hall–Kier alpha value is -2.81. The van der Waals surface area contributed by atoms with E-state index in [9.17, 15) is 14.4 Å². The van der Waals surface area contributed by atoms with Crippen LogP contribution in [-0.2, 0) is 21.5 Å². The molecule has 1 atom stereocenters. The topological polar surface area (TPSA) is 78.5 Å². The molecule has 0 radical (unpaired) electrons. The number of nitrogens with one attached hydrogen (secondary N) is 2. The highest BCUT2D eigenvalue weighted by Gasteiger charge is 2.53. The van der Waals surface area contributed by atoms with Gasteiger partial charge in [-0.3, -0.25) is 14.5 Å². The van der Waals surface area contributed by atoms with Crippen LogP contribution >= 0.6 is 0 Å². The number of aryl methyl sites for hydroxylation is 1. The smallest absolute Gasteiger partial charge is 0.325 e. The first kappa shape index (κ1) is 16.1. The first-order valence-electron chi connectivity index (χ1n) is 8.01. The molecule has 0 aromatic heterocycles. The van der Waals surface area contributed by atoms with E-state index in [0.717, 1.165) is 35.3 Å². The van der Waals surface area contributed by atoms with Gasteiger partial charge >= 0.3 is 6.03 Å². The zero-order valence-corrected chi connectivity index (χ0v) is 13.3. The second kappa shape index (κ2) is 6.36. The molecule has 6 heteroatoms. The van der Waals surface area contributed by atoms with Gasteiger partial charge in [0.25, 0.3) is 5.91 Å². The molecule has 1 saturated heterocycles. The van der Waals surface area contributed by atoms with E-state index in [1.807, 2.05) is 24.3 Å². The molecule has 1 spiro atoms. The number of nitrogens with zero attached hydrogens (tertiary/aromatic N) is 1. The zero-order chi connectivity index (χ0) is 17.2. The van der Waals surface area contributed by atoms with Crippen molar-refractivity contribution in [1.29, 1.82) is 0 Å². The minimum absolute atomic E-state index is 0.0659. The van der Waals surface area contributed by atoms with Crippen LogP contribution in [0.15, 0.2) is 24.3 Å². The number of fused-ring (bicyclic) bond motifs is 2. The van der Waals surface area contributed by atoms with Crippen molar-refractivity contribution in [2.75, 3.05) is 13.1 Å². The molecule has 2 aliphatic rings. The van der Waals surface area contributed by atoms with Crippen LogP contribution in [0.2, 0.25) is 0 Å². The van der Waals surface area contributed by atoms with E-state index in [-0.39, 0.29) is 19.0 Å². The predicted molar refractivity (Wildman–Crippen MR) is 87.8 cm³/mol. The van der Waals surface area contributed by atoms with E-state index >= 15 is 0 Å². The first-order valence-corrected chi connectivity index (χ1v) is 8.01. The van der Waals surface area contributed by atoms with Gasteiger partial charge in [-0.1, -0.05) is 30.2 Å². The third kappa shape index (κ3) is 2.62. The third-order valence-electron chi connectivity index (χ3n) is 4.59. The fourth-order valence-electron chi connectivity index (χ4n) is 3.47. The van der Waals surface area contributed by atoms with Crippen molar-refractivity contribution in [3.63, 3.8) is 0 Å². The monoisotopic (exact) mass is 325 g/mol. The molecule has 0 saturated carbocycles. The summed E-state index contributed by atoms with van der Waals surface area (Å²) in [5.41, 5.74) is 0.853. The van der Waals surface area contributed by atoms with Crippen LogP contribution < -0.4 is 10.6 Å². The van der Waals surface area contributed by atoms with Crippen LogP contribution in [-0.4, -0.2) is 35.8 Å². The van der Waals surface area contributed by atoms with Crippen LogP contribution in [0, 0.1) is 12.3 Å². The Morgan fingerprint density at radius 2 is 2.12 bits per heavy atom. The number of benzene rings is 1. The lowest BCUT2D eigenvalue weighted by molar-refractivity contribution is -0.135. The standard InChI is InChI=1S/C18H19N3O3/c1-2-11-19-15(22)12-21-16(23)18(20-17(21)24)10-6-5-8-13-7-3-4-9-14(13)18/h1,3-4,7,9H,5-6,8,10-12H2,(H,19,22)(H,20,24). The molecule has 2 N–H and O–H groups in total. The quantitative estimate of drug-likeness (QED) is 0.640. The van der Waals surface area contributed by atoms with E-state index in [1.54, 1.807) is 0 Å². The van der Waals surface area contributed by atoms with E-state index in [1.165, 1.54) is 0 Å². The summed E-state index contributed by atoms with van der Waals surface area (Å²) in [6.07, 6.45) is 8.31. The molecule has 1 aromatic rings. The molecule has 1 aliphatic heterocycles. The fourth-order valence-corrected chi connectivity index (χ4v) is 3.47. The van der Waals surface area contributed by atoms with E-state index in [4.69, 9.17) is 6.42 Å². The van der Waals surface area contributed by atoms with Gasteiger partial charge in [0.05, 0.1) is 6.54 Å². The highest BCUT2D eigenvalue weighted by molar-refractivity contribution is 6.09. The van der Waals surface area contributed by atoms with Crippen molar-refractivity contribution in [2.24, 2.45) is 0 Å². The maximum atomic E-state index is 13.0. The first-order chi connectivity index (χ1) is 11.6. The minimum atomic E-state index is -1.06. The Bertz CT molecular complexity index is 737. The van der Waals surface area contributed by atoms with Crippen molar-refractivity contribution in [3.05, 3.63) is 35.4 Å². The number of carbonyl (C=O) groups is 3. The molecular formula is C18H19N3O3. The SMILES string of the molecule is C#CCNC(=O)CN1C(=O)NC2(CCCCc3ccccc32)C1=O. The number of rotatable bonds is 3. The lowest BCUT2D eigenvalue weighted by Crippen LogP contribution is -2.45. The van der Waals surface area contributed by atoms with E-state index in [2.05, 4.69) is 16.6 Å². The maximum absolute atomic E-state index is 13.0. The van der Waals surface area contributed by atoms with Gasteiger partial charge in [-0.25, -0.2) is 4.79 Å². The van der Waals surface area contributed by atoms with E-state index < -0.39 is 17.5 Å². The Labute approximate surface area is 140 Å². The molecule has 4 amide bonds. The molecule has 1 unspecified atom stereocenters. The number of carbonyl (C=O) groups excluding carboxylic acids is 3. The summed E-state index contributed by atoms with van der Waals surface area (Å²) < 4.78 is 0. The summed E-state index contributed by atoms with van der Waals surface area (Å²) in [5.74, 6) is 1.48. The molecule has 6 nitrogen and oxygen atoms in total. The van der Waals surface area contributed by atoms with Crippen LogP contribution in [0.5, 0.6) is 0 Å². The molecule has 1 heterocycles. The van der Waals surface area contributed by atoms with Crippen LogP contribution in [0.3, 0.4) is 0 Å². The average Bonchev–Trinajstić information content (AvgIpc) is 2.74. The second-order valence-electron chi connectivity index (χ2n) is 6.07. The van der Waals surface area contributed by atoms with Crippen molar-refractivity contribution >= 4 is 17.8 Å². The molecule has 1 aromatic carbocycles. The van der Waals surface area contributed by atoms with Gasteiger partial charge in [-0.2, -0.15) is 0 Å². The average molecular weight is 325 g/mol. The van der Waals surface area contributed by atoms with Gasteiger partial charge in [0.1, 0.15) is 12.1 Å². The molecule has 3 rings (SSSR count). The van der Waals surface area contributed by atoms with Crippen molar-refractivity contribution in [1.82, 2.24) is 15.5 Å². The van der Waals surface area contributed by atoms with Crippen molar-refractivity contribution in [3.8, 4) is 12.3 Å². The number of imide groups is 1. The van der Waals surface area contributed by atoms with Gasteiger partial charge in [-0.05, 0) is 36.8 Å². The molecule has 24 heavy (non-hydrogen) atoms. The van der Waals surface area contributed by atoms with Gasteiger partial charge in [0, 0.05) is 0 Å². The van der Waals surface area contributed by atoms with Gasteiger partial charge in [0.2, 0.25) is 5.91 Å². The number of amides is 4. The number of urea groups is 1. The maximum Gasteiger partial charge on any atom is 0.325 e. The van der Waals surface area contributed by atoms with Gasteiger partial charge < -0.3 is 10.6 Å². The lowest BCUT2D eigenvalue weighted by atomic mass is 9.84. The normalized spacial score (nSPS) is 22.5. The Morgan fingerprint density at radius 3 is 2.92 bits per heavy atom. The van der Waals surface area contributed by atoms with Crippen LogP contribution in [0.4, 0.5) is 4.79 Å². The molecular weight excluding hydrogens is 306 g/mol. The number of hydrogen-bond acceptors (Lipinski definition) is 3. The second-order valence-corrected chi connectivity index (χ2v) is 6.07. The zero-order valence-electron chi connectivity index (χ0n) is 13.3. The predicted octanol–water partition coefficient (Wildman–Crippen LogP) is 0.909. The number of hydrogen-bond donors (Lipinski definition) is 2. The van der Waals surface area contributed by atoms with E-state index in [0.29, 0.717) is 6.42 Å². The lowest BCUT2D eigenvalue weighted by Gasteiger charge is -2.27. The van der Waals surface area contributed by atoms with Gasteiger partial charge in [-0.15, -0.1) is 6.42 Å². The van der Waals surface area contributed by atoms with Crippen LogP contribution in [0.1, 0.15) is 30.4 Å². The molecule has 124 valence electrons. The van der Waals surface area contributed by atoms with Crippen molar-refractivity contribution < 1.29 is 14.4 Å². The highest BCUT2D eigenvalue weighted by atomic mass is 16.2. The molecule has 0 bridgehead atoms. The summed E-state index contributed by atoms with van der Waals surface area (Å²) in [6, 6.07) is 7.15. The Morgan fingerprint density at radius 1 is 1.33 bits per heavy atom. The summed E-state index contributed by atoms with van der Waals surface area (Å²) in [5, 5.41) is 5.32. The largest absolute Gasteiger partial charge is 0.344 e. The fraction of sp³-hybridized carbons (Fsp3) is 0.389. The minimum Gasteiger partial charge on any atom is -0.344 e. The van der Waals surface area contributed by atoms with Gasteiger partial charge in [0.15, 0.2) is 0 Å². The summed E-state index contributed by atoms with van der Waals surface area (Å²) in [7, 11) is 0. The number of terminal acetylenes is 1. The Balaban J connectivity index is 1.90. The summed E-state index contributed by atoms with van der Waals surface area (Å²) >= 11 is 0. The molecule has 1 aliphatic carbocycles.